The molecule has 102 valence electrons. The second-order valence-electron chi connectivity index (χ2n) is 3.80. The van der Waals surface area contributed by atoms with E-state index in [1.165, 1.54) is 14.1 Å². The molecule has 0 aliphatic rings. The van der Waals surface area contributed by atoms with Gasteiger partial charge in [-0.25, -0.2) is 0 Å². The normalized spacial score (nSPS) is 24.3. The number of likely N-dealkylation sites (N-methyl/N-ethyl adjacent to an activating group) is 1. The maximum atomic E-state index is 8.92. The molecule has 19 heavy (non-hydrogen) atoms. The second kappa shape index (κ2) is 6.50. The third kappa shape index (κ3) is 3.66. The average Bonchev–Trinajstić information content (AvgIpc) is 3.14. The van der Waals surface area contributed by atoms with E-state index in [-0.39, 0.29) is 0 Å². The van der Waals surface area contributed by atoms with Crippen LogP contribution >= 0.6 is 0 Å². The maximum Gasteiger partial charge on any atom is 0.124 e. The van der Waals surface area contributed by atoms with Crippen molar-refractivity contribution in [3.8, 4) is 0 Å². The van der Waals surface area contributed by atoms with Gasteiger partial charge in [0.05, 0.1) is 20.5 Å². The fourth-order valence-electron chi connectivity index (χ4n) is 1.35. The van der Waals surface area contributed by atoms with Crippen LogP contribution in [-0.4, -0.2) is 41.9 Å². The van der Waals surface area contributed by atoms with Gasteiger partial charge in [-0.1, -0.05) is 30.2 Å². The van der Waals surface area contributed by atoms with Crippen molar-refractivity contribution in [2.45, 2.75) is 6.08 Å². The summed E-state index contributed by atoms with van der Waals surface area (Å²) < 4.78 is 93.7. The van der Waals surface area contributed by atoms with Gasteiger partial charge in [0.25, 0.3) is 0 Å². The van der Waals surface area contributed by atoms with E-state index in [0.29, 0.717) is 4.68 Å². The summed E-state index contributed by atoms with van der Waals surface area (Å²) in [7, 11) is 2.85. The van der Waals surface area contributed by atoms with E-state index in [0.717, 1.165) is 17.2 Å². The van der Waals surface area contributed by atoms with Crippen LogP contribution in [0.1, 0.15) is 32.4 Å². The molecule has 0 spiro atoms. The Bertz CT molecular complexity index is 912. The van der Waals surface area contributed by atoms with E-state index in [4.69, 9.17) is 19.8 Å². The van der Waals surface area contributed by atoms with Gasteiger partial charge >= 0.3 is 0 Å². The number of nitrogens with zero attached hydrogens (tertiary/aromatic N) is 3. The van der Waals surface area contributed by atoms with E-state index in [1.807, 2.05) is 0 Å². The topological polar surface area (TPSA) is 30.3 Å². The molecular formula is C15H21N3O. The first-order valence-corrected chi connectivity index (χ1v) is 5.49. The Morgan fingerprint density at radius 3 is 3.00 bits per heavy atom. The Labute approximate surface area is 130 Å². The van der Waals surface area contributed by atoms with Crippen LogP contribution < -0.4 is 0 Å². The highest BCUT2D eigenvalue weighted by molar-refractivity contribution is 5.25. The molecule has 0 radical (unpaired) electrons. The molecule has 1 aromatic heterocycles. The Hall–Kier alpha value is -1.65. The minimum absolute atomic E-state index is 0.435. The van der Waals surface area contributed by atoms with E-state index in [2.05, 4.69) is 5.10 Å². The average molecular weight is 270 g/mol. The number of aromatic nitrogens is 2. The van der Waals surface area contributed by atoms with Crippen molar-refractivity contribution in [3.63, 3.8) is 0 Å². The van der Waals surface area contributed by atoms with Gasteiger partial charge in [-0.3, -0.25) is 4.68 Å². The van der Waals surface area contributed by atoms with Gasteiger partial charge in [-0.05, 0) is 25.7 Å². The molecule has 0 bridgehead atoms. The Morgan fingerprint density at radius 1 is 1.53 bits per heavy atom. The molecule has 0 amide bonds. The van der Waals surface area contributed by atoms with Crippen LogP contribution in [0.4, 0.5) is 0 Å². The first kappa shape index (κ1) is 5.38. The highest BCUT2D eigenvalue weighted by Crippen LogP contribution is 2.25. The van der Waals surface area contributed by atoms with Crippen molar-refractivity contribution in [1.29, 1.82) is 0 Å². The quantitative estimate of drug-likeness (QED) is 0.805. The zero-order valence-electron chi connectivity index (χ0n) is 21.6. The monoisotopic (exact) mass is 270 g/mol. The van der Waals surface area contributed by atoms with Gasteiger partial charge in [0.2, 0.25) is 0 Å². The number of aryl methyl sites for hydroxylation is 1. The molecule has 0 saturated carbocycles. The molecule has 0 N–H and O–H groups in total. The van der Waals surface area contributed by atoms with Gasteiger partial charge in [-0.15, -0.1) is 0 Å². The highest BCUT2D eigenvalue weighted by atomic mass is 16.5. The highest BCUT2D eigenvalue weighted by Gasteiger charge is 2.17. The fourth-order valence-corrected chi connectivity index (χ4v) is 1.35. The molecular weight excluding hydrogens is 238 g/mol. The zero-order valence-corrected chi connectivity index (χ0v) is 10.6. The molecule has 1 atom stereocenters. The predicted molar refractivity (Wildman–Crippen MR) is 76.0 cm³/mol. The van der Waals surface area contributed by atoms with Crippen LogP contribution in [0, 0.1) is 0 Å². The lowest BCUT2D eigenvalue weighted by Gasteiger charge is -2.20. The van der Waals surface area contributed by atoms with Crippen molar-refractivity contribution >= 4 is 0 Å². The second-order valence-corrected chi connectivity index (χ2v) is 3.80. The summed E-state index contributed by atoms with van der Waals surface area (Å²) in [6.07, 6.45) is -1.59. The third-order valence-electron chi connectivity index (χ3n) is 2.20. The van der Waals surface area contributed by atoms with Gasteiger partial charge in [0.15, 0.2) is 0 Å². The summed E-state index contributed by atoms with van der Waals surface area (Å²) in [5.74, 6) is 0. The van der Waals surface area contributed by atoms with E-state index >= 15 is 0 Å². The molecule has 0 saturated heterocycles. The number of benzene rings is 1. The molecule has 4 nitrogen and oxygen atoms in total. The standard InChI is InChI=1S/C15H21N3O/c1-17(2)11-12-19-15(13-7-5-4-6-8-13)14-9-10-16-18(14)3/h4-10,15H,11-12H2,1-3H3/i3D3,4D,5D,6D,7D,8D,11D2,15D. The largest absolute Gasteiger partial charge is 0.366 e. The Balaban J connectivity index is 2.82. The predicted octanol–water partition coefficient (Wildman–Crippen LogP) is 2.09. The van der Waals surface area contributed by atoms with E-state index in [9.17, 15) is 0 Å². The van der Waals surface area contributed by atoms with Crippen LogP contribution in [0.15, 0.2) is 42.5 Å². The van der Waals surface area contributed by atoms with Crippen molar-refractivity contribution in [3.05, 3.63) is 53.7 Å². The first-order valence-electron chi connectivity index (χ1n) is 11.0. The Morgan fingerprint density at radius 2 is 2.32 bits per heavy atom. The third-order valence-corrected chi connectivity index (χ3v) is 2.20. The van der Waals surface area contributed by atoms with Gasteiger partial charge in [0, 0.05) is 26.5 Å². The van der Waals surface area contributed by atoms with Gasteiger partial charge < -0.3 is 9.64 Å². The Kier molecular flexibility index (Phi) is 1.84. The molecule has 4 heteroatoms. The van der Waals surface area contributed by atoms with Crippen molar-refractivity contribution in [1.82, 2.24) is 14.7 Å². The van der Waals surface area contributed by atoms with E-state index in [1.54, 1.807) is 0 Å². The molecule has 1 heterocycles. The van der Waals surface area contributed by atoms with Crippen LogP contribution in [0.3, 0.4) is 0 Å². The molecule has 0 fully saturated rings. The molecule has 2 rings (SSSR count). The molecule has 1 aromatic carbocycles. The maximum absolute atomic E-state index is 8.92. The van der Waals surface area contributed by atoms with Crippen LogP contribution in [0.2, 0.25) is 0 Å². The number of hydrogen-bond donors (Lipinski definition) is 0. The summed E-state index contributed by atoms with van der Waals surface area (Å²) in [5.41, 5.74) is -1.08. The van der Waals surface area contributed by atoms with Crippen LogP contribution in [0.5, 0.6) is 0 Å². The van der Waals surface area contributed by atoms with Crippen molar-refractivity contribution < 1.29 is 19.8 Å². The van der Waals surface area contributed by atoms with E-state index < -0.39 is 67.6 Å². The molecule has 1 unspecified atom stereocenters. The number of hydrogen-bond acceptors (Lipinski definition) is 3. The lowest BCUT2D eigenvalue weighted by molar-refractivity contribution is 0.0638. The summed E-state index contributed by atoms with van der Waals surface area (Å²) in [4.78, 5) is 1.16. The van der Waals surface area contributed by atoms with Crippen LogP contribution in [0.25, 0.3) is 0 Å². The minimum atomic E-state index is -2.86. The fraction of sp³-hybridized carbons (Fsp3) is 0.400. The summed E-state index contributed by atoms with van der Waals surface area (Å²) in [5, 5.41) is 3.68. The van der Waals surface area contributed by atoms with Crippen molar-refractivity contribution in [2.75, 3.05) is 27.2 Å². The van der Waals surface area contributed by atoms with Crippen LogP contribution in [-0.2, 0) is 11.7 Å². The summed E-state index contributed by atoms with van der Waals surface area (Å²) in [6.45, 7) is -5.73. The lowest BCUT2D eigenvalue weighted by atomic mass is 10.1. The smallest absolute Gasteiger partial charge is 0.124 e. The summed E-state index contributed by atoms with van der Waals surface area (Å²) in [6, 6.07) is -2.57. The van der Waals surface area contributed by atoms with Crippen molar-refractivity contribution in [2.24, 2.45) is 6.98 Å². The summed E-state index contributed by atoms with van der Waals surface area (Å²) >= 11 is 0. The number of rotatable bonds is 6. The molecule has 2 aromatic rings. The van der Waals surface area contributed by atoms with Gasteiger partial charge in [0.1, 0.15) is 6.08 Å². The SMILES string of the molecule is [2H]c1c([2H])c([2H])c(C([2H])(OCC([2H])([2H])N(C)C)c2ccnn2C([2H])([2H])[2H])c([2H])c1[2H]. The van der Waals surface area contributed by atoms with Gasteiger partial charge in [-0.2, -0.15) is 5.10 Å². The molecule has 0 aliphatic carbocycles. The minimum Gasteiger partial charge on any atom is -0.366 e. The molecule has 0 aliphatic heterocycles. The first-order chi connectivity index (χ1) is 13.6. The zero-order chi connectivity index (χ0) is 23.2. The lowest BCUT2D eigenvalue weighted by Crippen LogP contribution is -2.20. The number of ether oxygens (including phenoxy) is 1.